The first-order chi connectivity index (χ1) is 14.7. The molecule has 166 valence electrons. The highest BCUT2D eigenvalue weighted by Gasteiger charge is 2.44. The average molecular weight is 426 g/mol. The van der Waals surface area contributed by atoms with Gasteiger partial charge in [-0.3, -0.25) is 0 Å². The molecule has 2 aromatic carbocycles. The van der Waals surface area contributed by atoms with Crippen molar-refractivity contribution in [2.75, 3.05) is 13.1 Å². The van der Waals surface area contributed by atoms with Crippen LogP contribution in [0.5, 0.6) is 11.5 Å². The van der Waals surface area contributed by atoms with Crippen molar-refractivity contribution < 1.29 is 24.1 Å². The van der Waals surface area contributed by atoms with Gasteiger partial charge in [-0.1, -0.05) is 30.3 Å². The zero-order valence-corrected chi connectivity index (χ0v) is 18.5. The van der Waals surface area contributed by atoms with Gasteiger partial charge in [0, 0.05) is 44.0 Å². The molecule has 0 aliphatic carbocycles. The minimum atomic E-state index is -0.597. The minimum absolute atomic E-state index is 0.296. The zero-order valence-electron chi connectivity index (χ0n) is 18.5. The predicted octanol–water partition coefficient (Wildman–Crippen LogP) is 4.85. The number of aliphatic hydroxyl groups excluding tert-OH is 1. The minimum Gasteiger partial charge on any atom is -0.489 e. The molecule has 2 aliphatic rings. The second-order valence-electron chi connectivity index (χ2n) is 9.45. The molecule has 0 saturated carbocycles. The second-order valence-corrected chi connectivity index (χ2v) is 9.45. The number of hydrogen-bond acceptors (Lipinski definition) is 5. The average Bonchev–Trinajstić information content (AvgIpc) is 2.72. The molecule has 1 amide bonds. The summed E-state index contributed by atoms with van der Waals surface area (Å²) in [4.78, 5) is 14.1. The summed E-state index contributed by atoms with van der Waals surface area (Å²) in [6.45, 7) is 7.16. The van der Waals surface area contributed by atoms with Gasteiger partial charge >= 0.3 is 6.09 Å². The van der Waals surface area contributed by atoms with Gasteiger partial charge in [0.1, 0.15) is 29.3 Å². The summed E-state index contributed by atoms with van der Waals surface area (Å²) in [6.07, 6.45) is 0.929. The summed E-state index contributed by atoms with van der Waals surface area (Å²) >= 11 is 0. The van der Waals surface area contributed by atoms with Gasteiger partial charge in [-0.2, -0.15) is 0 Å². The van der Waals surface area contributed by atoms with Crippen LogP contribution in [0.25, 0.3) is 0 Å². The Morgan fingerprint density at radius 1 is 1.16 bits per heavy atom. The van der Waals surface area contributed by atoms with Crippen LogP contribution in [0.3, 0.4) is 0 Å². The molecule has 1 atom stereocenters. The van der Waals surface area contributed by atoms with Crippen molar-refractivity contribution in [3.8, 4) is 11.5 Å². The van der Waals surface area contributed by atoms with E-state index in [-0.39, 0.29) is 6.09 Å². The fraction of sp³-hybridized carbons (Fsp3) is 0.480. The number of rotatable bonds is 3. The molecule has 2 aromatic rings. The molecule has 0 aromatic heterocycles. The first-order valence-electron chi connectivity index (χ1n) is 10.9. The Hall–Kier alpha value is -2.73. The number of carbonyl (C=O) groups excluding carboxylic acids is 1. The molecule has 1 N–H and O–H groups in total. The predicted molar refractivity (Wildman–Crippen MR) is 117 cm³/mol. The lowest BCUT2D eigenvalue weighted by Crippen LogP contribution is -2.52. The first kappa shape index (κ1) is 21.5. The number of amides is 1. The topological polar surface area (TPSA) is 68.2 Å². The van der Waals surface area contributed by atoms with Gasteiger partial charge in [-0.25, -0.2) is 4.79 Å². The molecule has 1 fully saturated rings. The maximum atomic E-state index is 12.4. The van der Waals surface area contributed by atoms with Crippen molar-refractivity contribution in [1.82, 2.24) is 4.90 Å². The summed E-state index contributed by atoms with van der Waals surface area (Å²) in [5.41, 5.74) is 0.876. The number of aliphatic hydroxyl groups is 1. The van der Waals surface area contributed by atoms with E-state index in [0.717, 1.165) is 11.1 Å². The van der Waals surface area contributed by atoms with Crippen LogP contribution in [0.15, 0.2) is 48.5 Å². The monoisotopic (exact) mass is 425 g/mol. The number of fused-ring (bicyclic) bond motifs is 1. The third-order valence-electron chi connectivity index (χ3n) is 5.81. The number of benzene rings is 2. The normalized spacial score (nSPS) is 20.0. The molecule has 0 bridgehead atoms. The van der Waals surface area contributed by atoms with Crippen molar-refractivity contribution in [1.29, 1.82) is 0 Å². The smallest absolute Gasteiger partial charge is 0.410 e. The molecule has 0 unspecified atom stereocenters. The fourth-order valence-corrected chi connectivity index (χ4v) is 4.18. The molecule has 4 rings (SSSR count). The molecular weight excluding hydrogens is 394 g/mol. The van der Waals surface area contributed by atoms with Crippen LogP contribution in [0.1, 0.15) is 57.3 Å². The van der Waals surface area contributed by atoms with E-state index in [1.165, 1.54) is 0 Å². The highest BCUT2D eigenvalue weighted by molar-refractivity contribution is 5.68. The van der Waals surface area contributed by atoms with Crippen molar-refractivity contribution >= 4 is 6.09 Å². The van der Waals surface area contributed by atoms with Crippen molar-refractivity contribution in [3.05, 3.63) is 59.7 Å². The number of nitrogens with zero attached hydrogens (tertiary/aromatic N) is 1. The van der Waals surface area contributed by atoms with Gasteiger partial charge in [-0.15, -0.1) is 0 Å². The lowest BCUT2D eigenvalue weighted by atomic mass is 9.81. The van der Waals surface area contributed by atoms with Crippen LogP contribution < -0.4 is 9.47 Å². The number of carbonyl (C=O) groups is 1. The Morgan fingerprint density at radius 3 is 2.55 bits per heavy atom. The summed E-state index contributed by atoms with van der Waals surface area (Å²) in [7, 11) is 0. The van der Waals surface area contributed by atoms with E-state index in [0.29, 0.717) is 50.5 Å². The third-order valence-corrected chi connectivity index (χ3v) is 5.81. The zero-order chi connectivity index (χ0) is 22.1. The SMILES string of the molecule is CC(C)(C)OC(=O)N1CCC2(CC1)C[C@H](O)c1ccc(OCc3ccccc3)cc1O2. The summed E-state index contributed by atoms with van der Waals surface area (Å²) < 4.78 is 17.9. The quantitative estimate of drug-likeness (QED) is 0.761. The maximum absolute atomic E-state index is 12.4. The van der Waals surface area contributed by atoms with E-state index in [2.05, 4.69) is 0 Å². The standard InChI is InChI=1S/C25H31NO5/c1-24(2,3)31-23(28)26-13-11-25(12-14-26)16-21(27)20-10-9-19(15-22(20)30-25)29-17-18-7-5-4-6-8-18/h4-10,15,21,27H,11-14,16-17H2,1-3H3/t21-/m0/s1. The Morgan fingerprint density at radius 2 is 1.87 bits per heavy atom. The Bertz CT molecular complexity index is 913. The fourth-order valence-electron chi connectivity index (χ4n) is 4.18. The van der Waals surface area contributed by atoms with E-state index in [9.17, 15) is 9.90 Å². The summed E-state index contributed by atoms with van der Waals surface area (Å²) in [5, 5.41) is 10.8. The van der Waals surface area contributed by atoms with Crippen LogP contribution in [0, 0.1) is 0 Å². The lowest BCUT2D eigenvalue weighted by Gasteiger charge is -2.45. The van der Waals surface area contributed by atoms with Crippen molar-refractivity contribution in [3.63, 3.8) is 0 Å². The van der Waals surface area contributed by atoms with Gasteiger partial charge in [-0.05, 0) is 38.5 Å². The molecule has 2 heterocycles. The van der Waals surface area contributed by atoms with Gasteiger partial charge in [0.25, 0.3) is 0 Å². The van der Waals surface area contributed by atoms with Gasteiger partial charge in [0.05, 0.1) is 6.10 Å². The van der Waals surface area contributed by atoms with Crippen molar-refractivity contribution in [2.24, 2.45) is 0 Å². The van der Waals surface area contributed by atoms with Crippen LogP contribution in [-0.2, 0) is 11.3 Å². The number of hydrogen-bond donors (Lipinski definition) is 1. The molecule has 0 radical (unpaired) electrons. The third kappa shape index (κ3) is 5.13. The van der Waals surface area contributed by atoms with Crippen LogP contribution >= 0.6 is 0 Å². The summed E-state index contributed by atoms with van der Waals surface area (Å²) in [6, 6.07) is 15.6. The van der Waals surface area contributed by atoms with Gasteiger partial charge in [0.2, 0.25) is 0 Å². The number of likely N-dealkylation sites (tertiary alicyclic amines) is 1. The van der Waals surface area contributed by atoms with Crippen molar-refractivity contribution in [2.45, 2.75) is 63.9 Å². The van der Waals surface area contributed by atoms with Gasteiger partial charge in [0.15, 0.2) is 0 Å². The molecule has 1 spiro atoms. The van der Waals surface area contributed by atoms with E-state index >= 15 is 0 Å². The molecule has 6 heteroatoms. The lowest BCUT2D eigenvalue weighted by molar-refractivity contribution is -0.0570. The highest BCUT2D eigenvalue weighted by atomic mass is 16.6. The molecule has 2 aliphatic heterocycles. The Labute approximate surface area is 183 Å². The van der Waals surface area contributed by atoms with E-state index in [4.69, 9.17) is 14.2 Å². The summed E-state index contributed by atoms with van der Waals surface area (Å²) in [5.74, 6) is 1.37. The van der Waals surface area contributed by atoms with Gasteiger partial charge < -0.3 is 24.2 Å². The van der Waals surface area contributed by atoms with E-state index < -0.39 is 17.3 Å². The number of ether oxygens (including phenoxy) is 3. The number of piperidine rings is 1. The molecular formula is C25H31NO5. The highest BCUT2D eigenvalue weighted by Crippen LogP contribution is 2.45. The van der Waals surface area contributed by atoms with Crippen LogP contribution in [0.4, 0.5) is 4.79 Å². The Kier molecular flexibility index (Phi) is 5.84. The molecule has 1 saturated heterocycles. The molecule has 6 nitrogen and oxygen atoms in total. The van der Waals surface area contributed by atoms with Crippen LogP contribution in [-0.4, -0.2) is 40.4 Å². The van der Waals surface area contributed by atoms with Crippen LogP contribution in [0.2, 0.25) is 0 Å². The molecule has 31 heavy (non-hydrogen) atoms. The largest absolute Gasteiger partial charge is 0.489 e. The van der Waals surface area contributed by atoms with E-state index in [1.54, 1.807) is 4.90 Å². The van der Waals surface area contributed by atoms with E-state index in [1.807, 2.05) is 69.3 Å². The maximum Gasteiger partial charge on any atom is 0.410 e. The second kappa shape index (κ2) is 8.42. The Balaban J connectivity index is 1.42. The first-order valence-corrected chi connectivity index (χ1v) is 10.9.